The molecule has 0 spiro atoms. The lowest BCUT2D eigenvalue weighted by Gasteiger charge is -2.06. The van der Waals surface area contributed by atoms with Gasteiger partial charge in [-0.15, -0.1) is 0 Å². The number of halogens is 2. The molecule has 2 aromatic carbocycles. The Kier molecular flexibility index (Phi) is 5.33. The molecule has 0 amide bonds. The molecule has 0 aliphatic heterocycles. The van der Waals surface area contributed by atoms with Crippen LogP contribution in [0.1, 0.15) is 17.5 Å². The van der Waals surface area contributed by atoms with E-state index in [-0.39, 0.29) is 24.8 Å². The van der Waals surface area contributed by atoms with E-state index in [9.17, 15) is 9.18 Å². The first-order valence-corrected chi connectivity index (χ1v) is 7.28. The number of carbonyl (C=O) groups excluding carboxylic acids is 1. The summed E-state index contributed by atoms with van der Waals surface area (Å²) in [6.07, 6.45) is 0.864. The smallest absolute Gasteiger partial charge is 0.306 e. The van der Waals surface area contributed by atoms with Gasteiger partial charge in [-0.3, -0.25) is 4.79 Å². The van der Waals surface area contributed by atoms with E-state index in [0.29, 0.717) is 16.6 Å². The summed E-state index contributed by atoms with van der Waals surface area (Å²) >= 11 is 3.09. The van der Waals surface area contributed by atoms with E-state index in [1.54, 1.807) is 18.2 Å². The number of esters is 1. The minimum atomic E-state index is -0.341. The molecule has 0 radical (unpaired) electrons. The number of anilines is 1. The second kappa shape index (κ2) is 7.22. The molecule has 0 unspecified atom stereocenters. The Bertz CT molecular complexity index is 646. The predicted molar refractivity (Wildman–Crippen MR) is 83.1 cm³/mol. The number of benzene rings is 2. The highest BCUT2D eigenvalue weighted by atomic mass is 79.9. The lowest BCUT2D eigenvalue weighted by Crippen LogP contribution is -2.06. The average molecular weight is 352 g/mol. The molecule has 0 aliphatic rings. The molecule has 0 heterocycles. The van der Waals surface area contributed by atoms with Gasteiger partial charge in [0.25, 0.3) is 0 Å². The van der Waals surface area contributed by atoms with Crippen molar-refractivity contribution in [1.82, 2.24) is 0 Å². The number of nitrogen functional groups attached to an aromatic ring is 1. The predicted octanol–water partition coefficient (Wildman–Crippen LogP) is 3.85. The fraction of sp³-hybridized carbons (Fsp3) is 0.188. The second-order valence-corrected chi connectivity index (χ2v) is 5.51. The van der Waals surface area contributed by atoms with Crippen LogP contribution in [0.2, 0.25) is 0 Å². The van der Waals surface area contributed by atoms with Crippen LogP contribution in [0.15, 0.2) is 46.9 Å². The summed E-state index contributed by atoms with van der Waals surface area (Å²) in [7, 11) is 0. The molecule has 0 bridgehead atoms. The highest BCUT2D eigenvalue weighted by molar-refractivity contribution is 9.10. The Morgan fingerprint density at radius 3 is 2.71 bits per heavy atom. The zero-order chi connectivity index (χ0) is 15.2. The van der Waals surface area contributed by atoms with Gasteiger partial charge >= 0.3 is 5.97 Å². The number of hydrogen-bond acceptors (Lipinski definition) is 3. The van der Waals surface area contributed by atoms with Gasteiger partial charge in [-0.2, -0.15) is 0 Å². The Hall–Kier alpha value is -1.88. The Morgan fingerprint density at radius 1 is 1.19 bits per heavy atom. The van der Waals surface area contributed by atoms with Gasteiger partial charge in [-0.05, 0) is 57.7 Å². The maximum absolute atomic E-state index is 13.1. The zero-order valence-corrected chi connectivity index (χ0v) is 12.9. The normalized spacial score (nSPS) is 10.4. The molecular weight excluding hydrogens is 337 g/mol. The number of hydrogen-bond donors (Lipinski definition) is 1. The van der Waals surface area contributed by atoms with Gasteiger partial charge in [0.1, 0.15) is 12.4 Å². The molecule has 3 nitrogen and oxygen atoms in total. The molecule has 0 saturated carbocycles. The summed E-state index contributed by atoms with van der Waals surface area (Å²) < 4.78 is 18.6. The summed E-state index contributed by atoms with van der Waals surface area (Å²) in [5, 5.41) is 0. The molecule has 0 atom stereocenters. The van der Waals surface area contributed by atoms with E-state index in [0.717, 1.165) is 11.1 Å². The molecule has 0 saturated heterocycles. The molecular formula is C16H15BrFNO2. The summed E-state index contributed by atoms with van der Waals surface area (Å²) in [5.41, 5.74) is 8.09. The first-order valence-electron chi connectivity index (χ1n) is 6.48. The highest BCUT2D eigenvalue weighted by Crippen LogP contribution is 2.17. The average Bonchev–Trinajstić information content (AvgIpc) is 2.46. The van der Waals surface area contributed by atoms with Gasteiger partial charge in [-0.25, -0.2) is 4.39 Å². The van der Waals surface area contributed by atoms with E-state index < -0.39 is 0 Å². The Balaban J connectivity index is 1.80. The first kappa shape index (κ1) is 15.5. The van der Waals surface area contributed by atoms with Crippen molar-refractivity contribution in [3.8, 4) is 0 Å². The van der Waals surface area contributed by atoms with Crippen molar-refractivity contribution in [2.24, 2.45) is 0 Å². The van der Waals surface area contributed by atoms with Crippen molar-refractivity contribution in [1.29, 1.82) is 0 Å². The van der Waals surface area contributed by atoms with Gasteiger partial charge < -0.3 is 10.5 Å². The summed E-state index contributed by atoms with van der Waals surface area (Å²) in [6, 6.07) is 11.9. The van der Waals surface area contributed by atoms with Crippen LogP contribution in [-0.2, 0) is 22.6 Å². The maximum atomic E-state index is 13.1. The van der Waals surface area contributed by atoms with E-state index in [4.69, 9.17) is 10.5 Å². The highest BCUT2D eigenvalue weighted by Gasteiger charge is 2.06. The number of aryl methyl sites for hydroxylation is 1. The van der Waals surface area contributed by atoms with E-state index in [1.165, 1.54) is 6.07 Å². The van der Waals surface area contributed by atoms with Crippen LogP contribution >= 0.6 is 15.9 Å². The van der Waals surface area contributed by atoms with Crippen LogP contribution in [-0.4, -0.2) is 5.97 Å². The molecule has 2 N–H and O–H groups in total. The quantitative estimate of drug-likeness (QED) is 0.657. The summed E-state index contributed by atoms with van der Waals surface area (Å²) in [4.78, 5) is 11.7. The van der Waals surface area contributed by atoms with Crippen molar-refractivity contribution >= 4 is 27.6 Å². The van der Waals surface area contributed by atoms with Crippen LogP contribution in [0.25, 0.3) is 0 Å². The number of ether oxygens (including phenoxy) is 1. The largest absolute Gasteiger partial charge is 0.461 e. The number of nitrogens with two attached hydrogens (primary N) is 1. The fourth-order valence-electron chi connectivity index (χ4n) is 1.86. The minimum absolute atomic E-state index is 0.134. The van der Waals surface area contributed by atoms with E-state index in [1.807, 2.05) is 18.2 Å². The molecule has 21 heavy (non-hydrogen) atoms. The van der Waals surface area contributed by atoms with Crippen molar-refractivity contribution in [3.05, 3.63) is 63.9 Å². The molecule has 0 aliphatic carbocycles. The summed E-state index contributed by atoms with van der Waals surface area (Å²) in [5.74, 6) is -0.635. The zero-order valence-electron chi connectivity index (χ0n) is 11.3. The van der Waals surface area contributed by atoms with Gasteiger partial charge in [-0.1, -0.05) is 18.2 Å². The molecule has 2 aromatic rings. The Labute approximate surface area is 131 Å². The van der Waals surface area contributed by atoms with Gasteiger partial charge in [0.15, 0.2) is 0 Å². The lowest BCUT2D eigenvalue weighted by atomic mass is 10.1. The Morgan fingerprint density at radius 2 is 2.00 bits per heavy atom. The molecule has 0 aromatic heterocycles. The van der Waals surface area contributed by atoms with Gasteiger partial charge in [0.05, 0.1) is 4.47 Å². The molecule has 0 fully saturated rings. The molecule has 2 rings (SSSR count). The second-order valence-electron chi connectivity index (χ2n) is 4.65. The van der Waals surface area contributed by atoms with Crippen LogP contribution in [0.3, 0.4) is 0 Å². The van der Waals surface area contributed by atoms with Crippen molar-refractivity contribution < 1.29 is 13.9 Å². The third-order valence-electron chi connectivity index (χ3n) is 2.95. The third-order valence-corrected chi connectivity index (χ3v) is 3.56. The van der Waals surface area contributed by atoms with Gasteiger partial charge in [0, 0.05) is 12.1 Å². The van der Waals surface area contributed by atoms with E-state index >= 15 is 0 Å². The van der Waals surface area contributed by atoms with E-state index in [2.05, 4.69) is 15.9 Å². The maximum Gasteiger partial charge on any atom is 0.306 e. The number of rotatable bonds is 5. The molecule has 5 heteroatoms. The third kappa shape index (κ3) is 4.86. The molecule has 110 valence electrons. The van der Waals surface area contributed by atoms with Crippen LogP contribution < -0.4 is 5.73 Å². The van der Waals surface area contributed by atoms with Crippen molar-refractivity contribution in [3.63, 3.8) is 0 Å². The van der Waals surface area contributed by atoms with Crippen LogP contribution in [0.4, 0.5) is 10.1 Å². The first-order chi connectivity index (χ1) is 10.0. The van der Waals surface area contributed by atoms with Crippen LogP contribution in [0.5, 0.6) is 0 Å². The monoisotopic (exact) mass is 351 g/mol. The van der Waals surface area contributed by atoms with Crippen LogP contribution in [0, 0.1) is 5.82 Å². The van der Waals surface area contributed by atoms with Crippen molar-refractivity contribution in [2.75, 3.05) is 5.73 Å². The SMILES string of the molecule is Nc1cccc(CCC(=O)OCc2ccc(F)c(Br)c2)c1. The minimum Gasteiger partial charge on any atom is -0.461 e. The standard InChI is InChI=1S/C16H15BrFNO2/c17-14-9-12(4-6-15(14)18)10-21-16(20)7-5-11-2-1-3-13(19)8-11/h1-4,6,8-9H,5,7,10,19H2. The van der Waals surface area contributed by atoms with Crippen molar-refractivity contribution in [2.45, 2.75) is 19.4 Å². The topological polar surface area (TPSA) is 52.3 Å². The number of carbonyl (C=O) groups is 1. The van der Waals surface area contributed by atoms with Gasteiger partial charge in [0.2, 0.25) is 0 Å². The summed E-state index contributed by atoms with van der Waals surface area (Å²) in [6.45, 7) is 0.134. The lowest BCUT2D eigenvalue weighted by molar-refractivity contribution is -0.144. The fourth-order valence-corrected chi connectivity index (χ4v) is 2.29.